The molecule has 2 aromatic carbocycles. The van der Waals surface area contributed by atoms with Crippen LogP contribution in [0.4, 0.5) is 10.1 Å². The van der Waals surface area contributed by atoms with Crippen LogP contribution in [0.5, 0.6) is 5.75 Å². The van der Waals surface area contributed by atoms with Gasteiger partial charge in [0.2, 0.25) is 0 Å². The monoisotopic (exact) mass is 378 g/mol. The van der Waals surface area contributed by atoms with Gasteiger partial charge in [-0.05, 0) is 37.1 Å². The number of carbonyl (C=O) groups excluding carboxylic acids is 1. The van der Waals surface area contributed by atoms with Gasteiger partial charge in [-0.2, -0.15) is 0 Å². The molecule has 1 amide bonds. The zero-order chi connectivity index (χ0) is 18.7. The Morgan fingerprint density at radius 1 is 1.15 bits per heavy atom. The van der Waals surface area contributed by atoms with Crippen LogP contribution < -0.4 is 9.46 Å². The van der Waals surface area contributed by atoms with Gasteiger partial charge in [0.05, 0.1) is 23.3 Å². The maximum Gasteiger partial charge on any atom is 0.262 e. The van der Waals surface area contributed by atoms with Crippen LogP contribution in [0.2, 0.25) is 0 Å². The second kappa shape index (κ2) is 7.33. The molecule has 0 spiro atoms. The Kier molecular flexibility index (Phi) is 5.13. The van der Waals surface area contributed by atoms with Crippen LogP contribution in [-0.2, 0) is 10.0 Å². The summed E-state index contributed by atoms with van der Waals surface area (Å²) < 4.78 is 46.1. The summed E-state index contributed by atoms with van der Waals surface area (Å²) in [6.45, 7) is 1.32. The van der Waals surface area contributed by atoms with E-state index in [0.29, 0.717) is 13.1 Å². The van der Waals surface area contributed by atoms with Crippen molar-refractivity contribution in [1.29, 1.82) is 0 Å². The molecule has 6 nitrogen and oxygen atoms in total. The molecule has 1 saturated heterocycles. The van der Waals surface area contributed by atoms with Crippen LogP contribution >= 0.6 is 0 Å². The van der Waals surface area contributed by atoms with E-state index in [1.54, 1.807) is 23.1 Å². The molecule has 0 bridgehead atoms. The third kappa shape index (κ3) is 3.65. The highest BCUT2D eigenvalue weighted by Gasteiger charge is 2.24. The number of benzene rings is 2. The van der Waals surface area contributed by atoms with Crippen molar-refractivity contribution in [3.8, 4) is 5.75 Å². The maximum absolute atomic E-state index is 13.5. The van der Waals surface area contributed by atoms with E-state index >= 15 is 0 Å². The summed E-state index contributed by atoms with van der Waals surface area (Å²) in [6, 6.07) is 9.71. The van der Waals surface area contributed by atoms with Crippen molar-refractivity contribution < 1.29 is 22.3 Å². The van der Waals surface area contributed by atoms with Crippen molar-refractivity contribution in [2.45, 2.75) is 17.7 Å². The Labute approximate surface area is 151 Å². The van der Waals surface area contributed by atoms with Crippen molar-refractivity contribution in [3.05, 3.63) is 53.8 Å². The van der Waals surface area contributed by atoms with Crippen LogP contribution in [0, 0.1) is 5.82 Å². The molecule has 138 valence electrons. The molecule has 1 N–H and O–H groups in total. The second-order valence-electron chi connectivity index (χ2n) is 5.95. The molecule has 8 heteroatoms. The van der Waals surface area contributed by atoms with E-state index in [-0.39, 0.29) is 27.8 Å². The molecule has 0 saturated carbocycles. The molecule has 2 aromatic rings. The number of para-hydroxylation sites is 1. The zero-order valence-electron chi connectivity index (χ0n) is 14.2. The number of anilines is 1. The predicted octanol–water partition coefficient (Wildman–Crippen LogP) is 2.87. The number of rotatable bonds is 5. The van der Waals surface area contributed by atoms with Gasteiger partial charge < -0.3 is 9.64 Å². The quantitative estimate of drug-likeness (QED) is 0.868. The molecule has 1 fully saturated rings. The van der Waals surface area contributed by atoms with Gasteiger partial charge in [-0.15, -0.1) is 0 Å². The first kappa shape index (κ1) is 18.2. The van der Waals surface area contributed by atoms with Gasteiger partial charge >= 0.3 is 0 Å². The van der Waals surface area contributed by atoms with Crippen LogP contribution in [-0.4, -0.2) is 39.4 Å². The molecule has 26 heavy (non-hydrogen) atoms. The lowest BCUT2D eigenvalue weighted by atomic mass is 10.1. The van der Waals surface area contributed by atoms with Gasteiger partial charge in [0.1, 0.15) is 0 Å². The van der Waals surface area contributed by atoms with Gasteiger partial charge in [0.15, 0.2) is 11.6 Å². The molecule has 0 radical (unpaired) electrons. The third-order valence-corrected chi connectivity index (χ3v) is 5.59. The van der Waals surface area contributed by atoms with Crippen molar-refractivity contribution in [2.75, 3.05) is 24.9 Å². The molecule has 0 aliphatic carbocycles. The number of hydrogen-bond donors (Lipinski definition) is 1. The van der Waals surface area contributed by atoms with Crippen LogP contribution in [0.3, 0.4) is 0 Å². The lowest BCUT2D eigenvalue weighted by Crippen LogP contribution is -2.28. The average molecular weight is 378 g/mol. The largest absolute Gasteiger partial charge is 0.494 e. The van der Waals surface area contributed by atoms with Crippen molar-refractivity contribution in [3.63, 3.8) is 0 Å². The van der Waals surface area contributed by atoms with E-state index in [2.05, 4.69) is 4.72 Å². The van der Waals surface area contributed by atoms with E-state index in [4.69, 9.17) is 4.74 Å². The topological polar surface area (TPSA) is 75.7 Å². The lowest BCUT2D eigenvalue weighted by molar-refractivity contribution is 0.0794. The van der Waals surface area contributed by atoms with Gasteiger partial charge in [-0.25, -0.2) is 12.8 Å². The Hall–Kier alpha value is -2.61. The fourth-order valence-corrected chi connectivity index (χ4v) is 3.95. The number of carbonyl (C=O) groups is 1. The van der Waals surface area contributed by atoms with E-state index < -0.39 is 15.8 Å². The predicted molar refractivity (Wildman–Crippen MR) is 95.3 cm³/mol. The fraction of sp³-hybridized carbons (Fsp3) is 0.278. The number of nitrogens with one attached hydrogen (secondary N) is 1. The number of sulfonamides is 1. The summed E-state index contributed by atoms with van der Waals surface area (Å²) >= 11 is 0. The number of methoxy groups -OCH3 is 1. The highest BCUT2D eigenvalue weighted by molar-refractivity contribution is 7.92. The van der Waals surface area contributed by atoms with Crippen molar-refractivity contribution >= 4 is 21.6 Å². The number of likely N-dealkylation sites (tertiary alicyclic amines) is 1. The molecule has 1 heterocycles. The SMILES string of the molecule is COc1cc(S(=O)(=O)Nc2ccccc2C(=O)N2CCCC2)ccc1F. The van der Waals surface area contributed by atoms with Crippen LogP contribution in [0.15, 0.2) is 47.4 Å². The summed E-state index contributed by atoms with van der Waals surface area (Å²) in [4.78, 5) is 14.2. The Bertz CT molecular complexity index is 925. The molecule has 1 aliphatic rings. The van der Waals surface area contributed by atoms with Gasteiger partial charge in [-0.1, -0.05) is 12.1 Å². The number of amides is 1. The van der Waals surface area contributed by atoms with Gasteiger partial charge in [-0.3, -0.25) is 9.52 Å². The first-order valence-corrected chi connectivity index (χ1v) is 9.65. The number of halogens is 1. The Morgan fingerprint density at radius 3 is 2.54 bits per heavy atom. The molecular formula is C18H19FN2O4S. The Morgan fingerprint density at radius 2 is 1.85 bits per heavy atom. The summed E-state index contributed by atoms with van der Waals surface area (Å²) in [5.74, 6) is -1.04. The smallest absolute Gasteiger partial charge is 0.262 e. The van der Waals surface area contributed by atoms with E-state index in [1.165, 1.54) is 13.2 Å². The van der Waals surface area contributed by atoms with E-state index in [0.717, 1.165) is 31.0 Å². The third-order valence-electron chi connectivity index (χ3n) is 4.23. The second-order valence-corrected chi connectivity index (χ2v) is 7.63. The van der Waals surface area contributed by atoms with Crippen LogP contribution in [0.1, 0.15) is 23.2 Å². The molecular weight excluding hydrogens is 359 g/mol. The molecule has 3 rings (SSSR count). The molecule has 0 aromatic heterocycles. The first-order chi connectivity index (χ1) is 12.4. The molecule has 0 unspecified atom stereocenters. The zero-order valence-corrected chi connectivity index (χ0v) is 15.1. The average Bonchev–Trinajstić information content (AvgIpc) is 3.16. The summed E-state index contributed by atoms with van der Waals surface area (Å²) in [5, 5.41) is 0. The van der Waals surface area contributed by atoms with Gasteiger partial charge in [0.25, 0.3) is 15.9 Å². The van der Waals surface area contributed by atoms with Crippen LogP contribution in [0.25, 0.3) is 0 Å². The minimum absolute atomic E-state index is 0.154. The molecule has 1 aliphatic heterocycles. The minimum Gasteiger partial charge on any atom is -0.494 e. The fourth-order valence-electron chi connectivity index (χ4n) is 2.86. The van der Waals surface area contributed by atoms with Gasteiger partial charge in [0, 0.05) is 19.2 Å². The van der Waals surface area contributed by atoms with E-state index in [9.17, 15) is 17.6 Å². The highest BCUT2D eigenvalue weighted by atomic mass is 32.2. The van der Waals surface area contributed by atoms with Crippen molar-refractivity contribution in [1.82, 2.24) is 4.90 Å². The standard InChI is InChI=1S/C18H19FN2O4S/c1-25-17-12-13(8-9-15(17)19)26(23,24)20-16-7-3-2-6-14(16)18(22)21-10-4-5-11-21/h2-3,6-9,12,20H,4-5,10-11H2,1H3. The summed E-state index contributed by atoms with van der Waals surface area (Å²) in [5.41, 5.74) is 0.472. The number of nitrogens with zero attached hydrogens (tertiary/aromatic N) is 1. The normalized spacial score (nSPS) is 14.3. The van der Waals surface area contributed by atoms with Crippen molar-refractivity contribution in [2.24, 2.45) is 0 Å². The van der Waals surface area contributed by atoms with E-state index in [1.807, 2.05) is 0 Å². The summed E-state index contributed by atoms with van der Waals surface area (Å²) in [6.07, 6.45) is 1.88. The highest BCUT2D eigenvalue weighted by Crippen LogP contribution is 2.26. The molecule has 0 atom stereocenters. The number of hydrogen-bond acceptors (Lipinski definition) is 4. The minimum atomic E-state index is -4.01. The lowest BCUT2D eigenvalue weighted by Gasteiger charge is -2.18. The Balaban J connectivity index is 1.92. The first-order valence-electron chi connectivity index (χ1n) is 8.17. The number of ether oxygens (including phenoxy) is 1. The maximum atomic E-state index is 13.5. The summed E-state index contributed by atoms with van der Waals surface area (Å²) in [7, 11) is -2.75.